The second kappa shape index (κ2) is 9.10. The Hall–Kier alpha value is -3.14. The molecule has 1 N–H and O–H groups in total. The number of carboxylic acids is 1. The van der Waals surface area contributed by atoms with Crippen molar-refractivity contribution in [2.75, 3.05) is 6.61 Å². The van der Waals surface area contributed by atoms with Crippen molar-refractivity contribution in [3.63, 3.8) is 0 Å². The molecular weight excluding hydrogens is 304 g/mol. The molecule has 0 spiro atoms. The molecule has 24 heavy (non-hydrogen) atoms. The topological polar surface area (TPSA) is 63.6 Å². The van der Waals surface area contributed by atoms with E-state index in [2.05, 4.69) is 0 Å². The van der Waals surface area contributed by atoms with E-state index in [9.17, 15) is 9.59 Å². The number of hydrogen-bond acceptors (Lipinski definition) is 3. The van der Waals surface area contributed by atoms with E-state index in [1.807, 2.05) is 30.3 Å². The Labute approximate surface area is 140 Å². The van der Waals surface area contributed by atoms with Gasteiger partial charge in [0.15, 0.2) is 0 Å². The van der Waals surface area contributed by atoms with Gasteiger partial charge in [0, 0.05) is 18.6 Å². The van der Waals surface area contributed by atoms with E-state index in [1.165, 1.54) is 12.2 Å². The van der Waals surface area contributed by atoms with Gasteiger partial charge in [-0.1, -0.05) is 54.6 Å². The van der Waals surface area contributed by atoms with Crippen LogP contribution in [-0.4, -0.2) is 23.7 Å². The van der Waals surface area contributed by atoms with Crippen molar-refractivity contribution < 1.29 is 19.4 Å². The van der Waals surface area contributed by atoms with Gasteiger partial charge in [-0.3, -0.25) is 0 Å². The van der Waals surface area contributed by atoms with E-state index in [-0.39, 0.29) is 5.97 Å². The zero-order valence-electron chi connectivity index (χ0n) is 13.1. The molecule has 0 radical (unpaired) electrons. The van der Waals surface area contributed by atoms with E-state index in [1.54, 1.807) is 30.3 Å². The maximum absolute atomic E-state index is 11.7. The molecule has 2 rings (SSSR count). The summed E-state index contributed by atoms with van der Waals surface area (Å²) in [5.74, 6) is -1.38. The predicted octanol–water partition coefficient (Wildman–Crippen LogP) is 3.58. The quantitative estimate of drug-likeness (QED) is 0.625. The van der Waals surface area contributed by atoms with Crippen LogP contribution in [0.2, 0.25) is 0 Å². The average Bonchev–Trinajstić information content (AvgIpc) is 2.60. The van der Waals surface area contributed by atoms with Crippen LogP contribution in [0.1, 0.15) is 16.7 Å². The van der Waals surface area contributed by atoms with Gasteiger partial charge in [0.1, 0.15) is 0 Å². The fourth-order valence-corrected chi connectivity index (χ4v) is 2.01. The van der Waals surface area contributed by atoms with Crippen molar-refractivity contribution in [3.05, 3.63) is 83.4 Å². The Morgan fingerprint density at radius 1 is 0.875 bits per heavy atom. The smallest absolute Gasteiger partial charge is 0.330 e. The molecule has 0 aliphatic heterocycles. The third-order valence-electron chi connectivity index (χ3n) is 3.24. The van der Waals surface area contributed by atoms with Crippen molar-refractivity contribution in [1.29, 1.82) is 0 Å². The van der Waals surface area contributed by atoms with Crippen LogP contribution in [0.5, 0.6) is 0 Å². The highest BCUT2D eigenvalue weighted by molar-refractivity contribution is 5.87. The molecule has 2 aromatic carbocycles. The van der Waals surface area contributed by atoms with E-state index >= 15 is 0 Å². The lowest BCUT2D eigenvalue weighted by atomic mass is 10.1. The van der Waals surface area contributed by atoms with Crippen molar-refractivity contribution in [3.8, 4) is 0 Å². The number of aliphatic carboxylic acids is 1. The Morgan fingerprint density at radius 2 is 1.46 bits per heavy atom. The van der Waals surface area contributed by atoms with Crippen LogP contribution >= 0.6 is 0 Å². The molecule has 0 unspecified atom stereocenters. The second-order valence-electron chi connectivity index (χ2n) is 5.07. The normalized spacial score (nSPS) is 11.0. The van der Waals surface area contributed by atoms with Crippen molar-refractivity contribution in [2.45, 2.75) is 6.42 Å². The highest BCUT2D eigenvalue weighted by Crippen LogP contribution is 2.08. The average molecular weight is 322 g/mol. The van der Waals surface area contributed by atoms with Crippen LogP contribution in [-0.2, 0) is 20.7 Å². The lowest BCUT2D eigenvalue weighted by Crippen LogP contribution is -2.04. The number of ether oxygens (including phenoxy) is 1. The molecule has 0 aliphatic rings. The Morgan fingerprint density at radius 3 is 2.04 bits per heavy atom. The molecule has 0 fully saturated rings. The van der Waals surface area contributed by atoms with Gasteiger partial charge in [-0.25, -0.2) is 9.59 Å². The molecule has 122 valence electrons. The van der Waals surface area contributed by atoms with E-state index in [0.717, 1.165) is 22.8 Å². The minimum atomic E-state index is -0.989. The molecule has 0 aliphatic carbocycles. The minimum absolute atomic E-state index is 0.339. The van der Waals surface area contributed by atoms with E-state index in [0.29, 0.717) is 13.0 Å². The van der Waals surface area contributed by atoms with Crippen molar-refractivity contribution >= 4 is 24.1 Å². The summed E-state index contributed by atoms with van der Waals surface area (Å²) in [6.07, 6.45) is 6.32. The van der Waals surface area contributed by atoms with Crippen LogP contribution in [0.15, 0.2) is 66.7 Å². The first-order valence-corrected chi connectivity index (χ1v) is 7.53. The van der Waals surface area contributed by atoms with Crippen LogP contribution < -0.4 is 0 Å². The van der Waals surface area contributed by atoms with Crippen LogP contribution in [0.25, 0.3) is 12.2 Å². The third kappa shape index (κ3) is 6.32. The van der Waals surface area contributed by atoms with Gasteiger partial charge in [0.05, 0.1) is 6.61 Å². The number of hydrogen-bond donors (Lipinski definition) is 1. The van der Waals surface area contributed by atoms with Gasteiger partial charge in [0.2, 0.25) is 0 Å². The largest absolute Gasteiger partial charge is 0.478 e. The van der Waals surface area contributed by atoms with Gasteiger partial charge in [0.25, 0.3) is 0 Å². The zero-order chi connectivity index (χ0) is 17.2. The van der Waals surface area contributed by atoms with Gasteiger partial charge < -0.3 is 9.84 Å². The second-order valence-corrected chi connectivity index (χ2v) is 5.07. The highest BCUT2D eigenvalue weighted by Gasteiger charge is 1.98. The number of rotatable bonds is 7. The predicted molar refractivity (Wildman–Crippen MR) is 93.3 cm³/mol. The van der Waals surface area contributed by atoms with Crippen LogP contribution in [0.3, 0.4) is 0 Å². The zero-order valence-corrected chi connectivity index (χ0v) is 13.1. The first-order valence-electron chi connectivity index (χ1n) is 7.53. The van der Waals surface area contributed by atoms with Crippen molar-refractivity contribution in [2.24, 2.45) is 0 Å². The number of carboxylic acid groups (broad SMARTS) is 1. The Bertz CT molecular complexity index is 728. The van der Waals surface area contributed by atoms with Gasteiger partial charge >= 0.3 is 11.9 Å². The molecule has 0 heterocycles. The lowest BCUT2D eigenvalue weighted by molar-refractivity contribution is -0.137. The molecule has 0 saturated heterocycles. The third-order valence-corrected chi connectivity index (χ3v) is 3.24. The summed E-state index contributed by atoms with van der Waals surface area (Å²) in [6.45, 7) is 0.339. The first kappa shape index (κ1) is 17.2. The molecule has 0 atom stereocenters. The summed E-state index contributed by atoms with van der Waals surface area (Å²) in [5.41, 5.74) is 2.74. The lowest BCUT2D eigenvalue weighted by Gasteiger charge is -2.02. The number of esters is 1. The molecule has 0 bridgehead atoms. The Balaban J connectivity index is 1.79. The first-order chi connectivity index (χ1) is 11.6. The monoisotopic (exact) mass is 322 g/mol. The molecule has 4 nitrogen and oxygen atoms in total. The summed E-state index contributed by atoms with van der Waals surface area (Å²) < 4.78 is 5.15. The summed E-state index contributed by atoms with van der Waals surface area (Å²) in [5, 5.41) is 8.57. The SMILES string of the molecule is O=C(O)C=Cc1ccc(C=CC(=O)OCCc2ccccc2)cc1. The van der Waals surface area contributed by atoms with E-state index in [4.69, 9.17) is 9.84 Å². The minimum Gasteiger partial charge on any atom is -0.478 e. The fraction of sp³-hybridized carbons (Fsp3) is 0.100. The van der Waals surface area contributed by atoms with E-state index < -0.39 is 5.97 Å². The molecule has 0 saturated carbocycles. The number of carbonyl (C=O) groups excluding carboxylic acids is 1. The van der Waals surface area contributed by atoms with Crippen molar-refractivity contribution in [1.82, 2.24) is 0 Å². The Kier molecular flexibility index (Phi) is 6.53. The molecular formula is C20H18O4. The summed E-state index contributed by atoms with van der Waals surface area (Å²) >= 11 is 0. The van der Waals surface area contributed by atoms with Gasteiger partial charge in [-0.15, -0.1) is 0 Å². The number of carbonyl (C=O) groups is 2. The fourth-order valence-electron chi connectivity index (χ4n) is 2.01. The maximum atomic E-state index is 11.7. The summed E-state index contributed by atoms with van der Waals surface area (Å²) in [7, 11) is 0. The standard InChI is InChI=1S/C20H18O4/c21-19(22)12-10-17-6-8-18(9-7-17)11-13-20(23)24-15-14-16-4-2-1-3-5-16/h1-13H,14-15H2,(H,21,22). The summed E-state index contributed by atoms with van der Waals surface area (Å²) in [6, 6.07) is 17.0. The number of benzene rings is 2. The van der Waals surface area contributed by atoms with Crippen LogP contribution in [0, 0.1) is 0 Å². The molecule has 0 amide bonds. The molecule has 0 aromatic heterocycles. The van der Waals surface area contributed by atoms with Crippen LogP contribution in [0.4, 0.5) is 0 Å². The molecule has 2 aromatic rings. The molecule has 4 heteroatoms. The summed E-state index contributed by atoms with van der Waals surface area (Å²) in [4.78, 5) is 22.1. The van der Waals surface area contributed by atoms with Gasteiger partial charge in [-0.2, -0.15) is 0 Å². The van der Waals surface area contributed by atoms with Gasteiger partial charge in [-0.05, 0) is 28.8 Å². The highest BCUT2D eigenvalue weighted by atomic mass is 16.5. The maximum Gasteiger partial charge on any atom is 0.330 e.